The SMILES string of the molecule is I.N=C(N)c1cccs1. The van der Waals surface area contributed by atoms with E-state index in [2.05, 4.69) is 0 Å². The summed E-state index contributed by atoms with van der Waals surface area (Å²) in [7, 11) is 0. The molecular formula is C5H7IN2S. The van der Waals surface area contributed by atoms with Crippen LogP contribution in [0.5, 0.6) is 0 Å². The van der Waals surface area contributed by atoms with Gasteiger partial charge >= 0.3 is 0 Å². The van der Waals surface area contributed by atoms with Crippen molar-refractivity contribution in [1.29, 1.82) is 5.41 Å². The number of nitrogens with two attached hydrogens (primary N) is 1. The molecule has 0 atom stereocenters. The zero-order valence-corrected chi connectivity index (χ0v) is 7.77. The highest BCUT2D eigenvalue weighted by atomic mass is 127. The number of rotatable bonds is 1. The van der Waals surface area contributed by atoms with E-state index < -0.39 is 0 Å². The van der Waals surface area contributed by atoms with Gasteiger partial charge < -0.3 is 5.73 Å². The minimum atomic E-state index is 0. The maximum Gasteiger partial charge on any atom is 0.133 e. The average molecular weight is 254 g/mol. The predicted molar refractivity (Wildman–Crippen MR) is 50.8 cm³/mol. The van der Waals surface area contributed by atoms with Crippen molar-refractivity contribution in [3.05, 3.63) is 22.4 Å². The predicted octanol–water partition coefficient (Wildman–Crippen LogP) is 1.65. The van der Waals surface area contributed by atoms with Crippen molar-refractivity contribution in [2.45, 2.75) is 0 Å². The lowest BCUT2D eigenvalue weighted by atomic mass is 10.4. The third kappa shape index (κ3) is 2.31. The Balaban J connectivity index is 0.000000640. The summed E-state index contributed by atoms with van der Waals surface area (Å²) in [6.45, 7) is 0. The molecule has 0 aliphatic carbocycles. The molecule has 0 aliphatic heterocycles. The minimum absolute atomic E-state index is 0. The van der Waals surface area contributed by atoms with Gasteiger partial charge in [-0.05, 0) is 11.4 Å². The zero-order chi connectivity index (χ0) is 5.98. The lowest BCUT2D eigenvalue weighted by Crippen LogP contribution is -2.08. The minimum Gasteiger partial charge on any atom is -0.383 e. The number of nitrogens with one attached hydrogen (secondary N) is 1. The van der Waals surface area contributed by atoms with E-state index in [1.54, 1.807) is 0 Å². The molecule has 0 saturated heterocycles. The first-order valence-corrected chi connectivity index (χ1v) is 3.06. The quantitative estimate of drug-likeness (QED) is 0.447. The molecule has 1 rings (SSSR count). The summed E-state index contributed by atoms with van der Waals surface area (Å²) in [6.07, 6.45) is 0. The maximum absolute atomic E-state index is 6.94. The summed E-state index contributed by atoms with van der Waals surface area (Å²) in [5.41, 5.74) is 5.15. The van der Waals surface area contributed by atoms with E-state index in [-0.39, 0.29) is 29.8 Å². The molecule has 0 spiro atoms. The molecule has 3 N–H and O–H groups in total. The van der Waals surface area contributed by atoms with Crippen LogP contribution in [0.25, 0.3) is 0 Å². The van der Waals surface area contributed by atoms with Gasteiger partial charge in [-0.15, -0.1) is 35.3 Å². The molecule has 1 aromatic heterocycles. The Bertz CT molecular complexity index is 183. The molecule has 0 saturated carbocycles. The average Bonchev–Trinajstić information content (AvgIpc) is 2.12. The van der Waals surface area contributed by atoms with Gasteiger partial charge in [0.25, 0.3) is 0 Å². The fourth-order valence-corrected chi connectivity index (χ4v) is 1.02. The summed E-state index contributed by atoms with van der Waals surface area (Å²) < 4.78 is 0. The second-order valence-electron chi connectivity index (χ2n) is 1.39. The van der Waals surface area contributed by atoms with Gasteiger partial charge in [0.2, 0.25) is 0 Å². The molecule has 0 unspecified atom stereocenters. The lowest BCUT2D eigenvalue weighted by Gasteiger charge is -1.84. The molecule has 0 radical (unpaired) electrons. The Hall–Kier alpha value is -0.100. The fourth-order valence-electron chi connectivity index (χ4n) is 0.432. The van der Waals surface area contributed by atoms with Crippen molar-refractivity contribution in [2.75, 3.05) is 0 Å². The molecule has 0 aliphatic rings. The Morgan fingerprint density at radius 2 is 2.33 bits per heavy atom. The van der Waals surface area contributed by atoms with E-state index >= 15 is 0 Å². The molecular weight excluding hydrogens is 247 g/mol. The van der Waals surface area contributed by atoms with Gasteiger partial charge in [0.05, 0.1) is 4.88 Å². The van der Waals surface area contributed by atoms with Gasteiger partial charge in [-0.1, -0.05) is 6.07 Å². The topological polar surface area (TPSA) is 49.9 Å². The number of hydrogen-bond donors (Lipinski definition) is 2. The van der Waals surface area contributed by atoms with Crippen molar-refractivity contribution in [3.8, 4) is 0 Å². The number of hydrogen-bond acceptors (Lipinski definition) is 2. The molecule has 0 fully saturated rings. The Kier molecular flexibility index (Phi) is 3.79. The van der Waals surface area contributed by atoms with Gasteiger partial charge in [-0.3, -0.25) is 5.41 Å². The van der Waals surface area contributed by atoms with Crippen LogP contribution in [0.3, 0.4) is 0 Å². The molecule has 0 aromatic carbocycles. The second kappa shape index (κ2) is 3.84. The van der Waals surface area contributed by atoms with Crippen LogP contribution in [0.1, 0.15) is 4.88 Å². The maximum atomic E-state index is 6.94. The summed E-state index contributed by atoms with van der Waals surface area (Å²) in [6, 6.07) is 3.70. The molecule has 0 amide bonds. The van der Waals surface area contributed by atoms with E-state index in [1.807, 2.05) is 17.5 Å². The molecule has 9 heavy (non-hydrogen) atoms. The van der Waals surface area contributed by atoms with E-state index in [0.29, 0.717) is 0 Å². The second-order valence-corrected chi connectivity index (χ2v) is 2.34. The summed E-state index contributed by atoms with van der Waals surface area (Å²) in [5, 5.41) is 8.84. The summed E-state index contributed by atoms with van der Waals surface area (Å²) in [4.78, 5) is 0.838. The largest absolute Gasteiger partial charge is 0.383 e. The van der Waals surface area contributed by atoms with Gasteiger partial charge in [0.15, 0.2) is 0 Å². The lowest BCUT2D eigenvalue weighted by molar-refractivity contribution is 1.45. The highest BCUT2D eigenvalue weighted by Gasteiger charge is 1.92. The summed E-state index contributed by atoms with van der Waals surface area (Å²) in [5.74, 6) is 0.153. The number of amidine groups is 1. The molecule has 50 valence electrons. The normalized spacial score (nSPS) is 8.00. The van der Waals surface area contributed by atoms with Crippen LogP contribution in [-0.2, 0) is 0 Å². The van der Waals surface area contributed by atoms with Crippen LogP contribution < -0.4 is 5.73 Å². The van der Waals surface area contributed by atoms with E-state index in [9.17, 15) is 0 Å². The van der Waals surface area contributed by atoms with Gasteiger partial charge in [0, 0.05) is 0 Å². The number of halogens is 1. The highest BCUT2D eigenvalue weighted by molar-refractivity contribution is 14.0. The van der Waals surface area contributed by atoms with Crippen molar-refractivity contribution < 1.29 is 0 Å². The zero-order valence-electron chi connectivity index (χ0n) is 4.63. The van der Waals surface area contributed by atoms with Crippen molar-refractivity contribution in [1.82, 2.24) is 0 Å². The molecule has 1 aromatic rings. The Morgan fingerprint density at radius 3 is 2.56 bits per heavy atom. The van der Waals surface area contributed by atoms with Crippen LogP contribution in [0.15, 0.2) is 17.5 Å². The smallest absolute Gasteiger partial charge is 0.133 e. The third-order valence-corrected chi connectivity index (χ3v) is 1.69. The molecule has 2 nitrogen and oxygen atoms in total. The molecule has 0 bridgehead atoms. The number of nitrogen functional groups attached to an aromatic ring is 1. The summed E-state index contributed by atoms with van der Waals surface area (Å²) >= 11 is 1.48. The van der Waals surface area contributed by atoms with E-state index in [1.165, 1.54) is 11.3 Å². The first-order chi connectivity index (χ1) is 3.80. The van der Waals surface area contributed by atoms with Gasteiger partial charge in [0.1, 0.15) is 5.84 Å². The molecule has 4 heteroatoms. The van der Waals surface area contributed by atoms with Crippen molar-refractivity contribution in [3.63, 3.8) is 0 Å². The Labute approximate surface area is 74.6 Å². The number of thiophene rings is 1. The van der Waals surface area contributed by atoms with E-state index in [4.69, 9.17) is 11.1 Å². The monoisotopic (exact) mass is 254 g/mol. The van der Waals surface area contributed by atoms with Crippen LogP contribution in [0, 0.1) is 5.41 Å². The Morgan fingerprint density at radius 1 is 1.67 bits per heavy atom. The van der Waals surface area contributed by atoms with Gasteiger partial charge in [-0.25, -0.2) is 0 Å². The van der Waals surface area contributed by atoms with Crippen molar-refractivity contribution in [2.24, 2.45) is 5.73 Å². The highest BCUT2D eigenvalue weighted by Crippen LogP contribution is 2.05. The van der Waals surface area contributed by atoms with Crippen molar-refractivity contribution >= 4 is 41.1 Å². The molecule has 1 heterocycles. The van der Waals surface area contributed by atoms with Crippen LogP contribution in [-0.4, -0.2) is 5.84 Å². The van der Waals surface area contributed by atoms with Crippen LogP contribution in [0.4, 0.5) is 0 Å². The standard InChI is InChI=1S/C5H6N2S.HI/c6-5(7)4-2-1-3-8-4;/h1-3H,(H3,6,7);1H. The van der Waals surface area contributed by atoms with Gasteiger partial charge in [-0.2, -0.15) is 0 Å². The first-order valence-electron chi connectivity index (χ1n) is 2.18. The fraction of sp³-hybridized carbons (Fsp3) is 0. The third-order valence-electron chi connectivity index (χ3n) is 0.787. The van der Waals surface area contributed by atoms with E-state index in [0.717, 1.165) is 4.88 Å². The van der Waals surface area contributed by atoms with Crippen LogP contribution >= 0.6 is 35.3 Å². The first kappa shape index (κ1) is 8.90. The van der Waals surface area contributed by atoms with Crippen LogP contribution in [0.2, 0.25) is 0 Å².